The monoisotopic (exact) mass is 314 g/mol. The Labute approximate surface area is 131 Å². The first-order valence-corrected chi connectivity index (χ1v) is 6.66. The molecule has 0 fully saturated rings. The number of H-pyrrole nitrogens is 1. The van der Waals surface area contributed by atoms with Crippen LogP contribution in [0.1, 0.15) is 23.7 Å². The van der Waals surface area contributed by atoms with Gasteiger partial charge in [0.1, 0.15) is 0 Å². The van der Waals surface area contributed by atoms with Crippen LogP contribution in [0.4, 0.5) is 0 Å². The molecule has 0 unspecified atom stereocenters. The van der Waals surface area contributed by atoms with Crippen molar-refractivity contribution in [2.24, 2.45) is 0 Å². The molecule has 0 radical (unpaired) electrons. The molecule has 0 spiro atoms. The van der Waals surface area contributed by atoms with Crippen LogP contribution in [-0.2, 0) is 9.63 Å². The molecule has 0 aliphatic heterocycles. The Morgan fingerprint density at radius 2 is 1.91 bits per heavy atom. The van der Waals surface area contributed by atoms with Crippen LogP contribution in [0.25, 0.3) is 11.3 Å². The fourth-order valence-electron chi connectivity index (χ4n) is 1.71. The second kappa shape index (κ2) is 7.12. The quantitative estimate of drug-likeness (QED) is 0.574. The molecule has 1 aromatic carbocycles. The van der Waals surface area contributed by atoms with Gasteiger partial charge in [-0.25, -0.2) is 9.89 Å². The number of hydrogen-bond donors (Lipinski definition) is 3. The van der Waals surface area contributed by atoms with E-state index in [0.29, 0.717) is 11.3 Å². The number of aromatic nitrogens is 2. The maximum atomic E-state index is 11.8. The van der Waals surface area contributed by atoms with Crippen molar-refractivity contribution in [3.05, 3.63) is 52.3 Å². The average Bonchev–Trinajstić information content (AvgIpc) is 2.53. The third kappa shape index (κ3) is 4.60. The number of benzene rings is 1. The summed E-state index contributed by atoms with van der Waals surface area (Å²) in [5.74, 6) is -1.29. The number of carbonyl (C=O) groups excluding carboxylic acids is 2. The molecule has 1 heterocycles. The van der Waals surface area contributed by atoms with E-state index >= 15 is 0 Å². The first kappa shape index (κ1) is 16.1. The summed E-state index contributed by atoms with van der Waals surface area (Å²) in [6, 6.07) is 9.29. The third-order valence-corrected chi connectivity index (χ3v) is 2.79. The number of amides is 1. The molecule has 1 aromatic heterocycles. The van der Waals surface area contributed by atoms with Gasteiger partial charge in [0.25, 0.3) is 11.5 Å². The summed E-state index contributed by atoms with van der Waals surface area (Å²) in [6.45, 7) is 1.46. The van der Waals surface area contributed by atoms with Gasteiger partial charge < -0.3 is 10.2 Å². The summed E-state index contributed by atoms with van der Waals surface area (Å²) >= 11 is 0. The van der Waals surface area contributed by atoms with Crippen molar-refractivity contribution in [1.82, 2.24) is 15.7 Å². The number of nitrogens with one attached hydrogen (secondary N) is 3. The van der Waals surface area contributed by atoms with Crippen molar-refractivity contribution >= 4 is 17.6 Å². The minimum atomic E-state index is -0.708. The van der Waals surface area contributed by atoms with Gasteiger partial charge in [0.2, 0.25) is 0 Å². The molecule has 3 N–H and O–H groups in total. The van der Waals surface area contributed by atoms with E-state index in [0.717, 1.165) is 0 Å². The van der Waals surface area contributed by atoms with E-state index < -0.39 is 11.9 Å². The average molecular weight is 314 g/mol. The van der Waals surface area contributed by atoms with E-state index in [1.54, 1.807) is 18.2 Å². The number of aromatic amines is 1. The maximum Gasteiger partial charge on any atom is 0.337 e. The molecule has 23 heavy (non-hydrogen) atoms. The van der Waals surface area contributed by atoms with Crippen LogP contribution in [-0.4, -0.2) is 27.8 Å². The second-order valence-electron chi connectivity index (χ2n) is 4.75. The van der Waals surface area contributed by atoms with Crippen LogP contribution in [0.2, 0.25) is 0 Å². The fraction of sp³-hybridized carbons (Fsp3) is 0.133. The Bertz CT molecular complexity index is 775. The number of rotatable bonds is 4. The van der Waals surface area contributed by atoms with Gasteiger partial charge in [-0.3, -0.25) is 9.59 Å². The van der Waals surface area contributed by atoms with E-state index in [9.17, 15) is 14.4 Å². The first-order valence-electron chi connectivity index (χ1n) is 6.66. The molecular weight excluding hydrogens is 300 g/mol. The second-order valence-corrected chi connectivity index (χ2v) is 4.75. The summed E-state index contributed by atoms with van der Waals surface area (Å²) in [6.07, 6.45) is -0.183. The molecule has 0 aliphatic rings. The Hall–Kier alpha value is -3.29. The molecule has 0 atom stereocenters. The summed E-state index contributed by atoms with van der Waals surface area (Å²) in [5, 5.41) is 13.4. The van der Waals surface area contributed by atoms with E-state index in [-0.39, 0.29) is 23.3 Å². The lowest BCUT2D eigenvalue weighted by Crippen LogP contribution is -2.27. The van der Waals surface area contributed by atoms with Crippen molar-refractivity contribution in [3.8, 4) is 11.3 Å². The lowest BCUT2D eigenvalue weighted by molar-refractivity contribution is -0.147. The van der Waals surface area contributed by atoms with Crippen LogP contribution in [0.5, 0.6) is 0 Å². The van der Waals surface area contributed by atoms with Gasteiger partial charge in [-0.2, -0.15) is 10.6 Å². The van der Waals surface area contributed by atoms with E-state index in [2.05, 4.69) is 15.0 Å². The SMILES string of the molecule is CC(=N)CC(=O)ONC(=O)c1ccc(-c2ccc(=O)[nH]n2)cc1. The molecule has 118 valence electrons. The molecule has 8 heteroatoms. The summed E-state index contributed by atoms with van der Waals surface area (Å²) in [7, 11) is 0. The van der Waals surface area contributed by atoms with Crippen molar-refractivity contribution in [2.75, 3.05) is 0 Å². The van der Waals surface area contributed by atoms with Crippen LogP contribution in [0, 0.1) is 5.41 Å². The molecule has 1 amide bonds. The number of nitrogens with zero attached hydrogens (tertiary/aromatic N) is 1. The molecule has 2 rings (SSSR count). The molecule has 2 aromatic rings. The summed E-state index contributed by atoms with van der Waals surface area (Å²) in [5.41, 5.74) is 3.43. The lowest BCUT2D eigenvalue weighted by atomic mass is 10.1. The van der Waals surface area contributed by atoms with Crippen molar-refractivity contribution < 1.29 is 14.4 Å². The number of carbonyl (C=O) groups is 2. The lowest BCUT2D eigenvalue weighted by Gasteiger charge is -2.06. The summed E-state index contributed by atoms with van der Waals surface area (Å²) in [4.78, 5) is 38.6. The predicted octanol–water partition coefficient (Wildman–Crippen LogP) is 1.05. The van der Waals surface area contributed by atoms with Crippen molar-refractivity contribution in [3.63, 3.8) is 0 Å². The van der Waals surface area contributed by atoms with Crippen LogP contribution in [0.3, 0.4) is 0 Å². The van der Waals surface area contributed by atoms with Gasteiger partial charge >= 0.3 is 5.97 Å². The molecule has 0 aliphatic carbocycles. The molecule has 0 saturated heterocycles. The smallest absolute Gasteiger partial charge is 0.337 e. The maximum absolute atomic E-state index is 11.8. The largest absolute Gasteiger partial charge is 0.340 e. The zero-order chi connectivity index (χ0) is 16.8. The number of hydroxylamine groups is 1. The highest BCUT2D eigenvalue weighted by atomic mass is 16.7. The van der Waals surface area contributed by atoms with Gasteiger partial charge in [0.05, 0.1) is 12.1 Å². The normalized spacial score (nSPS) is 9.96. The molecular formula is C15H14N4O4. The van der Waals surface area contributed by atoms with Gasteiger partial charge in [0, 0.05) is 22.9 Å². The minimum Gasteiger partial charge on any atom is -0.340 e. The van der Waals surface area contributed by atoms with Gasteiger partial charge in [0.15, 0.2) is 0 Å². The van der Waals surface area contributed by atoms with Gasteiger partial charge in [-0.1, -0.05) is 12.1 Å². The van der Waals surface area contributed by atoms with Crippen LogP contribution >= 0.6 is 0 Å². The highest BCUT2D eigenvalue weighted by molar-refractivity contribution is 5.97. The first-order chi connectivity index (χ1) is 11.0. The van der Waals surface area contributed by atoms with Crippen LogP contribution < -0.4 is 11.0 Å². The van der Waals surface area contributed by atoms with E-state index in [4.69, 9.17) is 5.41 Å². The molecule has 0 bridgehead atoms. The predicted molar refractivity (Wildman–Crippen MR) is 81.9 cm³/mol. The Kier molecular flexibility index (Phi) is 4.98. The van der Waals surface area contributed by atoms with Crippen LogP contribution in [0.15, 0.2) is 41.2 Å². The Morgan fingerprint density at radius 1 is 1.22 bits per heavy atom. The van der Waals surface area contributed by atoms with Crippen molar-refractivity contribution in [1.29, 1.82) is 5.41 Å². The van der Waals surface area contributed by atoms with Gasteiger partial charge in [-0.05, 0) is 25.1 Å². The molecule has 0 saturated carbocycles. The highest BCUT2D eigenvalue weighted by Crippen LogP contribution is 2.15. The molecule has 8 nitrogen and oxygen atoms in total. The zero-order valence-electron chi connectivity index (χ0n) is 12.3. The highest BCUT2D eigenvalue weighted by Gasteiger charge is 2.10. The fourth-order valence-corrected chi connectivity index (χ4v) is 1.71. The summed E-state index contributed by atoms with van der Waals surface area (Å²) < 4.78 is 0. The Balaban J connectivity index is 2.00. The topological polar surface area (TPSA) is 125 Å². The van der Waals surface area contributed by atoms with Gasteiger partial charge in [-0.15, -0.1) is 0 Å². The minimum absolute atomic E-state index is 0.141. The van der Waals surface area contributed by atoms with E-state index in [1.165, 1.54) is 25.1 Å². The zero-order valence-corrected chi connectivity index (χ0v) is 12.3. The van der Waals surface area contributed by atoms with Crippen molar-refractivity contribution in [2.45, 2.75) is 13.3 Å². The third-order valence-electron chi connectivity index (χ3n) is 2.79. The number of hydrogen-bond acceptors (Lipinski definition) is 6. The van der Waals surface area contributed by atoms with E-state index in [1.807, 2.05) is 5.48 Å². The Morgan fingerprint density at radius 3 is 2.48 bits per heavy atom. The standard InChI is InChI=1S/C15H14N4O4/c1-9(16)8-14(21)23-19-15(22)11-4-2-10(3-5-11)12-6-7-13(20)18-17-12/h2-7,16H,8H2,1H3,(H,18,20)(H,19,22).